The summed E-state index contributed by atoms with van der Waals surface area (Å²) in [7, 11) is 0. The number of urea groups is 1. The van der Waals surface area contributed by atoms with E-state index in [4.69, 9.17) is 10.2 Å². The highest BCUT2D eigenvalue weighted by atomic mass is 16.4. The summed E-state index contributed by atoms with van der Waals surface area (Å²) in [4.78, 5) is 22.2. The molecule has 0 fully saturated rings. The van der Waals surface area contributed by atoms with E-state index < -0.39 is 5.97 Å². The molecule has 6 nitrogen and oxygen atoms in total. The number of carboxylic acid groups (broad SMARTS) is 1. The standard InChI is InChI=1S/C15H22N2O4/c18-10-4-2-1-3-9-16-15(21)17-11-12-5-7-13(8-6-12)14(19)20/h5-8,18H,1-4,9-11H2,(H,19,20)(H2,16,17,21). The van der Waals surface area contributed by atoms with E-state index in [-0.39, 0.29) is 18.2 Å². The highest BCUT2D eigenvalue weighted by Gasteiger charge is 2.03. The molecule has 0 spiro atoms. The van der Waals surface area contributed by atoms with Crippen LogP contribution in [0.2, 0.25) is 0 Å². The lowest BCUT2D eigenvalue weighted by molar-refractivity contribution is 0.0697. The Morgan fingerprint density at radius 1 is 0.952 bits per heavy atom. The van der Waals surface area contributed by atoms with Crippen molar-refractivity contribution in [3.63, 3.8) is 0 Å². The van der Waals surface area contributed by atoms with Crippen molar-refractivity contribution in [2.45, 2.75) is 32.2 Å². The molecule has 0 aliphatic rings. The lowest BCUT2D eigenvalue weighted by Gasteiger charge is -2.08. The van der Waals surface area contributed by atoms with E-state index in [1.54, 1.807) is 12.1 Å². The van der Waals surface area contributed by atoms with Crippen LogP contribution in [-0.4, -0.2) is 35.4 Å². The lowest BCUT2D eigenvalue weighted by atomic mass is 10.1. The summed E-state index contributed by atoms with van der Waals surface area (Å²) < 4.78 is 0. The molecule has 6 heteroatoms. The van der Waals surface area contributed by atoms with Gasteiger partial charge in [0.1, 0.15) is 0 Å². The quantitative estimate of drug-likeness (QED) is 0.521. The van der Waals surface area contributed by atoms with Crippen LogP contribution in [0.3, 0.4) is 0 Å². The summed E-state index contributed by atoms with van der Waals surface area (Å²) in [5.41, 5.74) is 1.07. The molecule has 4 N–H and O–H groups in total. The molecule has 0 aromatic heterocycles. The number of carbonyl (C=O) groups is 2. The summed E-state index contributed by atoms with van der Waals surface area (Å²) >= 11 is 0. The predicted octanol–water partition coefficient (Wildman–Crippen LogP) is 1.74. The summed E-state index contributed by atoms with van der Waals surface area (Å²) in [6, 6.07) is 6.15. The molecule has 116 valence electrons. The summed E-state index contributed by atoms with van der Waals surface area (Å²) in [5, 5.41) is 22.9. The van der Waals surface area contributed by atoms with E-state index in [0.29, 0.717) is 13.1 Å². The Morgan fingerprint density at radius 2 is 1.62 bits per heavy atom. The molecule has 1 aromatic carbocycles. The number of amides is 2. The number of unbranched alkanes of at least 4 members (excludes halogenated alkanes) is 3. The third kappa shape index (κ3) is 7.31. The summed E-state index contributed by atoms with van der Waals surface area (Å²) in [6.07, 6.45) is 3.65. The maximum Gasteiger partial charge on any atom is 0.335 e. The van der Waals surface area contributed by atoms with Crippen LogP contribution in [0.4, 0.5) is 4.79 Å². The zero-order valence-corrected chi connectivity index (χ0v) is 12.0. The third-order valence-electron chi connectivity index (χ3n) is 3.02. The van der Waals surface area contributed by atoms with Gasteiger partial charge in [-0.3, -0.25) is 0 Å². The van der Waals surface area contributed by atoms with Crippen LogP contribution in [0.1, 0.15) is 41.6 Å². The van der Waals surface area contributed by atoms with E-state index >= 15 is 0 Å². The monoisotopic (exact) mass is 294 g/mol. The largest absolute Gasteiger partial charge is 0.478 e. The van der Waals surface area contributed by atoms with Crippen molar-refractivity contribution in [3.8, 4) is 0 Å². The fourth-order valence-corrected chi connectivity index (χ4v) is 1.80. The SMILES string of the molecule is O=C(NCCCCCCO)NCc1ccc(C(=O)O)cc1. The predicted molar refractivity (Wildman–Crippen MR) is 79.2 cm³/mol. The molecular weight excluding hydrogens is 272 g/mol. The van der Waals surface area contributed by atoms with Crippen molar-refractivity contribution >= 4 is 12.0 Å². The van der Waals surface area contributed by atoms with Gasteiger partial charge < -0.3 is 20.8 Å². The van der Waals surface area contributed by atoms with E-state index in [9.17, 15) is 9.59 Å². The van der Waals surface area contributed by atoms with Gasteiger partial charge in [-0.05, 0) is 30.5 Å². The van der Waals surface area contributed by atoms with Gasteiger partial charge in [0.15, 0.2) is 0 Å². The summed E-state index contributed by atoms with van der Waals surface area (Å²) in [5.74, 6) is -0.964. The van der Waals surface area contributed by atoms with Gasteiger partial charge >= 0.3 is 12.0 Å². The molecule has 0 aliphatic carbocycles. The number of benzene rings is 1. The topological polar surface area (TPSA) is 98.7 Å². The fourth-order valence-electron chi connectivity index (χ4n) is 1.80. The molecule has 0 bridgehead atoms. The Kier molecular flexibility index (Phi) is 7.89. The van der Waals surface area contributed by atoms with Crippen LogP contribution < -0.4 is 10.6 Å². The third-order valence-corrected chi connectivity index (χ3v) is 3.02. The second kappa shape index (κ2) is 9.77. The van der Waals surface area contributed by atoms with Gasteiger partial charge in [0.2, 0.25) is 0 Å². The van der Waals surface area contributed by atoms with Gasteiger partial charge in [-0.15, -0.1) is 0 Å². The van der Waals surface area contributed by atoms with Gasteiger partial charge in [-0.25, -0.2) is 9.59 Å². The van der Waals surface area contributed by atoms with Gasteiger partial charge in [-0.1, -0.05) is 25.0 Å². The van der Waals surface area contributed by atoms with Crippen LogP contribution >= 0.6 is 0 Å². The normalized spacial score (nSPS) is 10.1. The molecule has 1 aromatic rings. The Morgan fingerprint density at radius 3 is 2.24 bits per heavy atom. The van der Waals surface area contributed by atoms with Crippen LogP contribution in [0, 0.1) is 0 Å². The van der Waals surface area contributed by atoms with Crippen molar-refractivity contribution in [2.24, 2.45) is 0 Å². The molecule has 0 saturated carbocycles. The maximum absolute atomic E-state index is 11.5. The average Bonchev–Trinajstić information content (AvgIpc) is 2.49. The molecular formula is C15H22N2O4. The number of nitrogens with one attached hydrogen (secondary N) is 2. The molecule has 0 radical (unpaired) electrons. The first kappa shape index (κ1) is 17.0. The number of aromatic carboxylic acids is 1. The lowest BCUT2D eigenvalue weighted by Crippen LogP contribution is -2.35. The number of aliphatic hydroxyl groups excluding tert-OH is 1. The molecule has 2 amide bonds. The molecule has 0 unspecified atom stereocenters. The number of aliphatic hydroxyl groups is 1. The Labute approximate surface area is 124 Å². The maximum atomic E-state index is 11.5. The molecule has 0 saturated heterocycles. The summed E-state index contributed by atoms with van der Waals surface area (Å²) in [6.45, 7) is 1.18. The zero-order chi connectivity index (χ0) is 15.5. The van der Waals surface area contributed by atoms with E-state index in [1.165, 1.54) is 12.1 Å². The molecule has 1 rings (SSSR count). The van der Waals surface area contributed by atoms with Crippen LogP contribution in [0.25, 0.3) is 0 Å². The van der Waals surface area contributed by atoms with Crippen molar-refractivity contribution in [1.82, 2.24) is 10.6 Å². The molecule has 0 aliphatic heterocycles. The van der Waals surface area contributed by atoms with Crippen molar-refractivity contribution < 1.29 is 19.8 Å². The Hall–Kier alpha value is -2.08. The van der Waals surface area contributed by atoms with Crippen LogP contribution in [0.5, 0.6) is 0 Å². The number of carbonyl (C=O) groups excluding carboxylic acids is 1. The minimum Gasteiger partial charge on any atom is -0.478 e. The highest BCUT2D eigenvalue weighted by molar-refractivity contribution is 5.87. The zero-order valence-electron chi connectivity index (χ0n) is 12.0. The molecule has 0 heterocycles. The number of rotatable bonds is 9. The average molecular weight is 294 g/mol. The molecule has 0 atom stereocenters. The smallest absolute Gasteiger partial charge is 0.335 e. The van der Waals surface area contributed by atoms with Crippen LogP contribution in [-0.2, 0) is 6.54 Å². The Bertz CT molecular complexity index is 445. The van der Waals surface area contributed by atoms with E-state index in [0.717, 1.165) is 31.2 Å². The first-order valence-electron chi connectivity index (χ1n) is 7.08. The highest BCUT2D eigenvalue weighted by Crippen LogP contribution is 2.04. The number of hydrogen-bond donors (Lipinski definition) is 4. The second-order valence-corrected chi connectivity index (χ2v) is 4.75. The fraction of sp³-hybridized carbons (Fsp3) is 0.467. The first-order valence-corrected chi connectivity index (χ1v) is 7.08. The second-order valence-electron chi connectivity index (χ2n) is 4.75. The minimum atomic E-state index is -0.964. The van der Waals surface area contributed by atoms with Crippen molar-refractivity contribution in [2.75, 3.05) is 13.2 Å². The van der Waals surface area contributed by atoms with E-state index in [1.807, 2.05) is 0 Å². The van der Waals surface area contributed by atoms with Crippen molar-refractivity contribution in [1.29, 1.82) is 0 Å². The number of carboxylic acids is 1. The Balaban J connectivity index is 2.16. The minimum absolute atomic E-state index is 0.217. The van der Waals surface area contributed by atoms with Crippen molar-refractivity contribution in [3.05, 3.63) is 35.4 Å². The van der Waals surface area contributed by atoms with Gasteiger partial charge in [0.05, 0.1) is 5.56 Å². The van der Waals surface area contributed by atoms with Gasteiger partial charge in [0, 0.05) is 19.7 Å². The molecule has 21 heavy (non-hydrogen) atoms. The first-order chi connectivity index (χ1) is 10.1. The number of hydrogen-bond acceptors (Lipinski definition) is 3. The van der Waals surface area contributed by atoms with Crippen LogP contribution in [0.15, 0.2) is 24.3 Å². The van der Waals surface area contributed by atoms with E-state index in [2.05, 4.69) is 10.6 Å². The van der Waals surface area contributed by atoms with Gasteiger partial charge in [-0.2, -0.15) is 0 Å². The van der Waals surface area contributed by atoms with Gasteiger partial charge in [0.25, 0.3) is 0 Å².